The summed E-state index contributed by atoms with van der Waals surface area (Å²) < 4.78 is 5.43. The molecule has 0 aliphatic heterocycles. The van der Waals surface area contributed by atoms with Gasteiger partial charge in [0.25, 0.3) is 0 Å². The lowest BCUT2D eigenvalue weighted by Gasteiger charge is -1.98. The van der Waals surface area contributed by atoms with E-state index in [2.05, 4.69) is 41.4 Å². The summed E-state index contributed by atoms with van der Waals surface area (Å²) in [5, 5.41) is 7.85. The molecular formula is C12H15N3O. The molecule has 1 aromatic heterocycles. The molecule has 0 radical (unpaired) electrons. The van der Waals surface area contributed by atoms with Gasteiger partial charge >= 0.3 is 0 Å². The molecule has 0 aliphatic rings. The van der Waals surface area contributed by atoms with Crippen LogP contribution in [0.25, 0.3) is 0 Å². The SMILES string of the molecule is Cc1ccc(Cc2nnc(C(C)N)o2)cc1. The molecular weight excluding hydrogens is 202 g/mol. The molecule has 0 amide bonds. The predicted octanol–water partition coefficient (Wildman–Crippen LogP) is 1.99. The van der Waals surface area contributed by atoms with E-state index in [0.29, 0.717) is 18.2 Å². The van der Waals surface area contributed by atoms with Crippen molar-refractivity contribution in [1.29, 1.82) is 0 Å². The summed E-state index contributed by atoms with van der Waals surface area (Å²) in [6.07, 6.45) is 0.653. The highest BCUT2D eigenvalue weighted by Crippen LogP contribution is 2.12. The van der Waals surface area contributed by atoms with Crippen molar-refractivity contribution in [2.45, 2.75) is 26.3 Å². The monoisotopic (exact) mass is 217 g/mol. The van der Waals surface area contributed by atoms with E-state index in [1.54, 1.807) is 0 Å². The van der Waals surface area contributed by atoms with Crippen molar-refractivity contribution < 1.29 is 4.42 Å². The maximum Gasteiger partial charge on any atom is 0.232 e. The molecule has 0 fully saturated rings. The van der Waals surface area contributed by atoms with Crippen molar-refractivity contribution >= 4 is 0 Å². The Morgan fingerprint density at radius 3 is 2.50 bits per heavy atom. The predicted molar refractivity (Wildman–Crippen MR) is 60.9 cm³/mol. The molecule has 1 unspecified atom stereocenters. The second-order valence-corrected chi connectivity index (χ2v) is 3.99. The van der Waals surface area contributed by atoms with Crippen LogP contribution in [0.5, 0.6) is 0 Å². The van der Waals surface area contributed by atoms with E-state index in [0.717, 1.165) is 5.56 Å². The second kappa shape index (κ2) is 4.45. The van der Waals surface area contributed by atoms with Crippen LogP contribution in [-0.4, -0.2) is 10.2 Å². The molecule has 0 saturated carbocycles. The van der Waals surface area contributed by atoms with Gasteiger partial charge in [-0.2, -0.15) is 0 Å². The third-order valence-electron chi connectivity index (χ3n) is 2.35. The van der Waals surface area contributed by atoms with Crippen molar-refractivity contribution in [2.24, 2.45) is 5.73 Å². The molecule has 4 nitrogen and oxygen atoms in total. The molecule has 0 aliphatic carbocycles. The minimum absolute atomic E-state index is 0.209. The van der Waals surface area contributed by atoms with E-state index in [9.17, 15) is 0 Å². The molecule has 4 heteroatoms. The van der Waals surface area contributed by atoms with Gasteiger partial charge in [0.05, 0.1) is 12.5 Å². The van der Waals surface area contributed by atoms with E-state index in [1.165, 1.54) is 5.56 Å². The number of aromatic nitrogens is 2. The van der Waals surface area contributed by atoms with E-state index < -0.39 is 0 Å². The zero-order chi connectivity index (χ0) is 11.5. The van der Waals surface area contributed by atoms with Gasteiger partial charge in [-0.05, 0) is 19.4 Å². The number of aryl methyl sites for hydroxylation is 1. The highest BCUT2D eigenvalue weighted by Gasteiger charge is 2.09. The number of hydrogen-bond acceptors (Lipinski definition) is 4. The zero-order valence-electron chi connectivity index (χ0n) is 9.47. The van der Waals surface area contributed by atoms with Crippen LogP contribution in [0.15, 0.2) is 28.7 Å². The molecule has 0 bridgehead atoms. The van der Waals surface area contributed by atoms with Crippen molar-refractivity contribution in [1.82, 2.24) is 10.2 Å². The summed E-state index contributed by atoms with van der Waals surface area (Å²) >= 11 is 0. The maximum absolute atomic E-state index is 5.64. The fraction of sp³-hybridized carbons (Fsp3) is 0.333. The molecule has 16 heavy (non-hydrogen) atoms. The van der Waals surface area contributed by atoms with E-state index in [-0.39, 0.29) is 6.04 Å². The van der Waals surface area contributed by atoms with Crippen LogP contribution < -0.4 is 5.73 Å². The first kappa shape index (κ1) is 10.8. The Labute approximate surface area is 94.5 Å². The minimum atomic E-state index is -0.209. The smallest absolute Gasteiger partial charge is 0.232 e. The molecule has 1 aromatic carbocycles. The molecule has 2 rings (SSSR count). The molecule has 0 saturated heterocycles. The first-order valence-electron chi connectivity index (χ1n) is 5.28. The van der Waals surface area contributed by atoms with Crippen LogP contribution in [0.1, 0.15) is 35.9 Å². The Balaban J connectivity index is 2.11. The lowest BCUT2D eigenvalue weighted by Crippen LogP contribution is -2.04. The van der Waals surface area contributed by atoms with Crippen molar-refractivity contribution in [3.8, 4) is 0 Å². The third-order valence-corrected chi connectivity index (χ3v) is 2.35. The number of hydrogen-bond donors (Lipinski definition) is 1. The molecule has 1 atom stereocenters. The van der Waals surface area contributed by atoms with E-state index in [4.69, 9.17) is 10.2 Å². The van der Waals surface area contributed by atoms with Gasteiger partial charge in [-0.1, -0.05) is 29.8 Å². The van der Waals surface area contributed by atoms with Crippen LogP contribution in [-0.2, 0) is 6.42 Å². The zero-order valence-corrected chi connectivity index (χ0v) is 9.47. The summed E-state index contributed by atoms with van der Waals surface area (Å²) in [6.45, 7) is 3.88. The topological polar surface area (TPSA) is 64.9 Å². The average Bonchev–Trinajstić information content (AvgIpc) is 2.70. The molecule has 84 valence electrons. The Kier molecular flexibility index (Phi) is 3.01. The van der Waals surface area contributed by atoms with Crippen molar-refractivity contribution in [3.05, 3.63) is 47.2 Å². The summed E-state index contributed by atoms with van der Waals surface area (Å²) in [7, 11) is 0. The Morgan fingerprint density at radius 1 is 1.25 bits per heavy atom. The quantitative estimate of drug-likeness (QED) is 0.853. The van der Waals surface area contributed by atoms with Gasteiger partial charge in [0.1, 0.15) is 0 Å². The van der Waals surface area contributed by atoms with Gasteiger partial charge in [0, 0.05) is 0 Å². The van der Waals surface area contributed by atoms with Crippen LogP contribution in [0.2, 0.25) is 0 Å². The van der Waals surface area contributed by atoms with E-state index >= 15 is 0 Å². The fourth-order valence-electron chi connectivity index (χ4n) is 1.40. The second-order valence-electron chi connectivity index (χ2n) is 3.99. The first-order chi connectivity index (χ1) is 7.65. The maximum atomic E-state index is 5.64. The summed E-state index contributed by atoms with van der Waals surface area (Å²) in [5.41, 5.74) is 8.04. The van der Waals surface area contributed by atoms with Gasteiger partial charge in [0.2, 0.25) is 11.8 Å². The van der Waals surface area contributed by atoms with Crippen LogP contribution in [0, 0.1) is 6.92 Å². The van der Waals surface area contributed by atoms with Crippen LogP contribution in [0.3, 0.4) is 0 Å². The Hall–Kier alpha value is -1.68. The van der Waals surface area contributed by atoms with Crippen LogP contribution in [0.4, 0.5) is 0 Å². The number of rotatable bonds is 3. The van der Waals surface area contributed by atoms with Gasteiger partial charge < -0.3 is 10.2 Å². The largest absolute Gasteiger partial charge is 0.423 e. The standard InChI is InChI=1S/C12H15N3O/c1-8-3-5-10(6-4-8)7-11-14-15-12(16-11)9(2)13/h3-6,9H,7,13H2,1-2H3. The lowest BCUT2D eigenvalue weighted by molar-refractivity contribution is 0.433. The summed E-state index contributed by atoms with van der Waals surface area (Å²) in [5.74, 6) is 1.10. The normalized spacial score (nSPS) is 12.7. The molecule has 2 N–H and O–H groups in total. The highest BCUT2D eigenvalue weighted by molar-refractivity contribution is 5.23. The number of nitrogens with zero attached hydrogens (tertiary/aromatic N) is 2. The minimum Gasteiger partial charge on any atom is -0.423 e. The molecule has 1 heterocycles. The van der Waals surface area contributed by atoms with Crippen molar-refractivity contribution in [3.63, 3.8) is 0 Å². The lowest BCUT2D eigenvalue weighted by atomic mass is 10.1. The van der Waals surface area contributed by atoms with Gasteiger partial charge in [-0.25, -0.2) is 0 Å². The van der Waals surface area contributed by atoms with Gasteiger partial charge in [0.15, 0.2) is 0 Å². The third kappa shape index (κ3) is 2.46. The van der Waals surface area contributed by atoms with Crippen molar-refractivity contribution in [2.75, 3.05) is 0 Å². The Bertz CT molecular complexity index is 459. The number of nitrogens with two attached hydrogens (primary N) is 1. The van der Waals surface area contributed by atoms with Crippen LogP contribution >= 0.6 is 0 Å². The first-order valence-corrected chi connectivity index (χ1v) is 5.28. The Morgan fingerprint density at radius 2 is 1.94 bits per heavy atom. The average molecular weight is 217 g/mol. The summed E-state index contributed by atoms with van der Waals surface area (Å²) in [4.78, 5) is 0. The fourth-order valence-corrected chi connectivity index (χ4v) is 1.40. The summed E-state index contributed by atoms with van der Waals surface area (Å²) in [6, 6.07) is 8.05. The van der Waals surface area contributed by atoms with Gasteiger partial charge in [-0.3, -0.25) is 0 Å². The highest BCUT2D eigenvalue weighted by atomic mass is 16.4. The number of benzene rings is 1. The van der Waals surface area contributed by atoms with Gasteiger partial charge in [-0.15, -0.1) is 10.2 Å². The molecule has 0 spiro atoms. The van der Waals surface area contributed by atoms with E-state index in [1.807, 2.05) is 6.92 Å². The molecule has 2 aromatic rings.